The molecule has 3 aromatic heterocycles. The largest absolute Gasteiger partial charge is 0.342 e. The van der Waals surface area contributed by atoms with Crippen LogP contribution in [0.3, 0.4) is 0 Å². The lowest BCUT2D eigenvalue weighted by Crippen LogP contribution is -2.27. The van der Waals surface area contributed by atoms with Crippen molar-refractivity contribution >= 4 is 28.8 Å². The van der Waals surface area contributed by atoms with Crippen LogP contribution in [-0.2, 0) is 0 Å². The topological polar surface area (TPSA) is 67.8 Å². The van der Waals surface area contributed by atoms with Gasteiger partial charge in [-0.2, -0.15) is 0 Å². The molecule has 3 heterocycles. The molecule has 0 aliphatic rings. The Morgan fingerprint density at radius 2 is 2.13 bits per heavy atom. The minimum Gasteiger partial charge on any atom is -0.342 e. The first kappa shape index (κ1) is 15.6. The van der Waals surface area contributed by atoms with Gasteiger partial charge >= 0.3 is 0 Å². The molecule has 0 radical (unpaired) electrons. The molecule has 1 atom stereocenters. The number of amides is 1. The molecule has 0 saturated heterocycles. The molecule has 0 unspecified atom stereocenters. The first-order valence-electron chi connectivity index (χ1n) is 6.93. The average molecular weight is 345 g/mol. The second-order valence-electron chi connectivity index (χ2n) is 4.85. The molecule has 0 saturated carbocycles. The molecule has 116 valence electrons. The summed E-state index contributed by atoms with van der Waals surface area (Å²) in [6, 6.07) is 8.53. The first-order valence-corrected chi connectivity index (χ1v) is 8.18. The van der Waals surface area contributed by atoms with E-state index in [-0.39, 0.29) is 17.6 Å². The second kappa shape index (κ2) is 6.85. The second-order valence-corrected chi connectivity index (χ2v) is 6.13. The zero-order valence-corrected chi connectivity index (χ0v) is 13.8. The van der Waals surface area contributed by atoms with Crippen molar-refractivity contribution in [1.29, 1.82) is 0 Å². The summed E-state index contributed by atoms with van der Waals surface area (Å²) in [7, 11) is 0. The number of nitrogens with zero attached hydrogens (tertiary/aromatic N) is 3. The van der Waals surface area contributed by atoms with E-state index >= 15 is 0 Å². The highest BCUT2D eigenvalue weighted by Crippen LogP contribution is 2.25. The van der Waals surface area contributed by atoms with Gasteiger partial charge in [-0.25, -0.2) is 9.97 Å². The van der Waals surface area contributed by atoms with E-state index in [0.717, 1.165) is 16.3 Å². The van der Waals surface area contributed by atoms with Crippen LogP contribution in [0.1, 0.15) is 28.5 Å². The normalized spacial score (nSPS) is 11.9. The van der Waals surface area contributed by atoms with Crippen molar-refractivity contribution in [3.8, 4) is 11.3 Å². The molecule has 0 aliphatic carbocycles. The summed E-state index contributed by atoms with van der Waals surface area (Å²) in [5, 5.41) is 5.94. The fourth-order valence-corrected chi connectivity index (χ4v) is 3.00. The number of thiazole rings is 1. The van der Waals surface area contributed by atoms with Gasteiger partial charge in [0, 0.05) is 23.3 Å². The number of rotatable bonds is 4. The van der Waals surface area contributed by atoms with Crippen molar-refractivity contribution in [3.63, 3.8) is 0 Å². The molecule has 5 nitrogen and oxygen atoms in total. The van der Waals surface area contributed by atoms with Crippen molar-refractivity contribution in [3.05, 3.63) is 64.0 Å². The zero-order chi connectivity index (χ0) is 16.2. The van der Waals surface area contributed by atoms with E-state index in [2.05, 4.69) is 20.3 Å². The summed E-state index contributed by atoms with van der Waals surface area (Å²) in [5.41, 5.74) is 2.08. The lowest BCUT2D eigenvalue weighted by molar-refractivity contribution is 0.0935. The molecule has 1 N–H and O–H groups in total. The van der Waals surface area contributed by atoms with Crippen molar-refractivity contribution < 1.29 is 4.79 Å². The Balaban J connectivity index is 1.73. The highest BCUT2D eigenvalue weighted by molar-refractivity contribution is 7.10. The highest BCUT2D eigenvalue weighted by atomic mass is 35.5. The molecular weight excluding hydrogens is 332 g/mol. The SMILES string of the molecule is C[C@@H](NC(=O)c1cccc(Cl)n1)c1nc(-c2cccnc2)cs1. The third kappa shape index (κ3) is 3.72. The smallest absolute Gasteiger partial charge is 0.270 e. The van der Waals surface area contributed by atoms with E-state index in [4.69, 9.17) is 11.6 Å². The minimum atomic E-state index is -0.280. The minimum absolute atomic E-state index is 0.223. The van der Waals surface area contributed by atoms with Gasteiger partial charge in [0.2, 0.25) is 0 Å². The maximum atomic E-state index is 12.2. The number of carbonyl (C=O) groups excluding carboxylic acids is 1. The van der Waals surface area contributed by atoms with Gasteiger partial charge in [-0.15, -0.1) is 11.3 Å². The Bertz CT molecular complexity index is 822. The van der Waals surface area contributed by atoms with Crippen molar-refractivity contribution in [2.75, 3.05) is 0 Å². The summed E-state index contributed by atoms with van der Waals surface area (Å²) in [6.45, 7) is 1.88. The number of nitrogens with one attached hydrogen (secondary N) is 1. The van der Waals surface area contributed by atoms with Crippen molar-refractivity contribution in [2.45, 2.75) is 13.0 Å². The molecule has 0 fully saturated rings. The molecule has 3 aromatic rings. The van der Waals surface area contributed by atoms with Gasteiger partial charge in [-0.05, 0) is 31.2 Å². The highest BCUT2D eigenvalue weighted by Gasteiger charge is 2.16. The monoisotopic (exact) mass is 344 g/mol. The third-order valence-electron chi connectivity index (χ3n) is 3.15. The lowest BCUT2D eigenvalue weighted by atomic mass is 10.2. The molecule has 3 rings (SSSR count). The Kier molecular flexibility index (Phi) is 4.64. The van der Waals surface area contributed by atoms with Gasteiger partial charge < -0.3 is 5.32 Å². The maximum absolute atomic E-state index is 12.2. The van der Waals surface area contributed by atoms with Gasteiger partial charge in [-0.3, -0.25) is 9.78 Å². The number of halogens is 1. The van der Waals surface area contributed by atoms with Crippen LogP contribution in [0.4, 0.5) is 0 Å². The Hall–Kier alpha value is -2.31. The molecule has 0 aliphatic heterocycles. The molecule has 0 aromatic carbocycles. The van der Waals surface area contributed by atoms with Crippen LogP contribution in [0.5, 0.6) is 0 Å². The number of carbonyl (C=O) groups is 1. The van der Waals surface area contributed by atoms with E-state index in [1.54, 1.807) is 30.6 Å². The van der Waals surface area contributed by atoms with Crippen LogP contribution in [0.15, 0.2) is 48.1 Å². The zero-order valence-electron chi connectivity index (χ0n) is 12.2. The fourth-order valence-electron chi connectivity index (χ4n) is 2.00. The summed E-state index contributed by atoms with van der Waals surface area (Å²) in [6.07, 6.45) is 3.48. The van der Waals surface area contributed by atoms with Crippen LogP contribution >= 0.6 is 22.9 Å². The van der Waals surface area contributed by atoms with Gasteiger partial charge in [-0.1, -0.05) is 17.7 Å². The van der Waals surface area contributed by atoms with E-state index in [9.17, 15) is 4.79 Å². The number of pyridine rings is 2. The first-order chi connectivity index (χ1) is 11.1. The molecule has 23 heavy (non-hydrogen) atoms. The summed E-state index contributed by atoms with van der Waals surface area (Å²) in [5.74, 6) is -0.280. The van der Waals surface area contributed by atoms with E-state index < -0.39 is 0 Å². The van der Waals surface area contributed by atoms with Gasteiger partial charge in [0.1, 0.15) is 15.9 Å². The third-order valence-corrected chi connectivity index (χ3v) is 4.38. The van der Waals surface area contributed by atoms with Gasteiger partial charge in [0.05, 0.1) is 11.7 Å². The number of aromatic nitrogens is 3. The Morgan fingerprint density at radius 3 is 2.87 bits per heavy atom. The fraction of sp³-hybridized carbons (Fsp3) is 0.125. The predicted molar refractivity (Wildman–Crippen MR) is 90.5 cm³/mol. The molecule has 7 heteroatoms. The molecule has 1 amide bonds. The van der Waals surface area contributed by atoms with Crippen LogP contribution in [0.2, 0.25) is 5.15 Å². The van der Waals surface area contributed by atoms with Crippen LogP contribution in [0, 0.1) is 0 Å². The Labute approximate surface area is 142 Å². The van der Waals surface area contributed by atoms with Gasteiger partial charge in [0.25, 0.3) is 5.91 Å². The van der Waals surface area contributed by atoms with Crippen LogP contribution < -0.4 is 5.32 Å². The van der Waals surface area contributed by atoms with Gasteiger partial charge in [0.15, 0.2) is 0 Å². The van der Waals surface area contributed by atoms with Crippen molar-refractivity contribution in [1.82, 2.24) is 20.3 Å². The predicted octanol–water partition coefficient (Wildman–Crippen LogP) is 3.74. The molecular formula is C16H13ClN4OS. The summed E-state index contributed by atoms with van der Waals surface area (Å²) >= 11 is 7.30. The van der Waals surface area contributed by atoms with Crippen LogP contribution in [0.25, 0.3) is 11.3 Å². The Morgan fingerprint density at radius 1 is 1.26 bits per heavy atom. The number of hydrogen-bond acceptors (Lipinski definition) is 5. The van der Waals surface area contributed by atoms with E-state index in [1.807, 2.05) is 24.4 Å². The average Bonchev–Trinajstić information content (AvgIpc) is 3.06. The molecule has 0 spiro atoms. The number of hydrogen-bond donors (Lipinski definition) is 1. The lowest BCUT2D eigenvalue weighted by Gasteiger charge is -2.10. The van der Waals surface area contributed by atoms with Crippen LogP contribution in [-0.4, -0.2) is 20.9 Å². The summed E-state index contributed by atoms with van der Waals surface area (Å²) in [4.78, 5) is 24.8. The van der Waals surface area contributed by atoms with E-state index in [0.29, 0.717) is 5.15 Å². The standard InChI is InChI=1S/C16H13ClN4OS/c1-10(19-15(22)12-5-2-6-14(17)20-12)16-21-13(9-23-16)11-4-3-7-18-8-11/h2-10H,1H3,(H,19,22)/t10-/m1/s1. The molecule has 0 bridgehead atoms. The maximum Gasteiger partial charge on any atom is 0.270 e. The van der Waals surface area contributed by atoms with E-state index in [1.165, 1.54) is 11.3 Å². The summed E-state index contributed by atoms with van der Waals surface area (Å²) < 4.78 is 0. The quantitative estimate of drug-likeness (QED) is 0.732. The van der Waals surface area contributed by atoms with Crippen molar-refractivity contribution in [2.24, 2.45) is 0 Å².